The van der Waals surface area contributed by atoms with Gasteiger partial charge in [0.05, 0.1) is 9.40 Å². The van der Waals surface area contributed by atoms with E-state index in [1.54, 1.807) is 0 Å². The van der Waals surface area contributed by atoms with Crippen LogP contribution in [0.5, 0.6) is 5.75 Å². The fourth-order valence-corrected chi connectivity index (χ4v) is 2.33. The van der Waals surface area contributed by atoms with E-state index in [-0.39, 0.29) is 22.1 Å². The van der Waals surface area contributed by atoms with Gasteiger partial charge in [0.2, 0.25) is 0 Å². The first-order valence-corrected chi connectivity index (χ1v) is 7.35. The van der Waals surface area contributed by atoms with Gasteiger partial charge in [-0.3, -0.25) is 14.9 Å². The molecule has 0 atom stereocenters. The number of hydrogen-bond acceptors (Lipinski definition) is 4. The number of ether oxygens (including phenoxy) is 1. The lowest BCUT2D eigenvalue weighted by Gasteiger charge is -2.09. The zero-order valence-electron chi connectivity index (χ0n) is 11.4. The summed E-state index contributed by atoms with van der Waals surface area (Å²) in [4.78, 5) is 22.1. The molecule has 0 radical (unpaired) electrons. The van der Waals surface area contributed by atoms with Crippen LogP contribution >= 0.6 is 27.5 Å². The van der Waals surface area contributed by atoms with E-state index in [0.717, 1.165) is 0 Å². The standard InChI is InChI=1S/C14H9BrClFN2O4/c15-10-6-9(17)2-4-13(10)23-7-14(20)18-11-5-8(16)1-3-12(11)19(21)22/h1-6H,7H2,(H,18,20). The lowest BCUT2D eigenvalue weighted by molar-refractivity contribution is -0.383. The summed E-state index contributed by atoms with van der Waals surface area (Å²) < 4.78 is 18.5. The first-order chi connectivity index (χ1) is 10.9. The van der Waals surface area contributed by atoms with E-state index in [9.17, 15) is 19.3 Å². The van der Waals surface area contributed by atoms with E-state index in [4.69, 9.17) is 16.3 Å². The molecule has 0 aliphatic heterocycles. The van der Waals surface area contributed by atoms with Crippen molar-refractivity contribution in [1.82, 2.24) is 0 Å². The maximum Gasteiger partial charge on any atom is 0.292 e. The number of nitrogens with one attached hydrogen (secondary N) is 1. The maximum absolute atomic E-state index is 13.0. The normalized spacial score (nSPS) is 10.2. The Labute approximate surface area is 143 Å². The van der Waals surface area contributed by atoms with Gasteiger partial charge >= 0.3 is 0 Å². The third-order valence-corrected chi connectivity index (χ3v) is 3.54. The number of nitrogens with zero attached hydrogens (tertiary/aromatic N) is 1. The number of anilines is 1. The average Bonchev–Trinajstić information content (AvgIpc) is 2.46. The van der Waals surface area contributed by atoms with Crippen molar-refractivity contribution >= 4 is 44.8 Å². The summed E-state index contributed by atoms with van der Waals surface area (Å²) in [7, 11) is 0. The topological polar surface area (TPSA) is 81.5 Å². The Balaban J connectivity index is 2.05. The van der Waals surface area contributed by atoms with Gasteiger partial charge in [-0.15, -0.1) is 0 Å². The largest absolute Gasteiger partial charge is 0.483 e. The molecule has 9 heteroatoms. The minimum absolute atomic E-state index is 0.0331. The van der Waals surface area contributed by atoms with Gasteiger partial charge in [-0.05, 0) is 46.3 Å². The number of hydrogen-bond donors (Lipinski definition) is 1. The van der Waals surface area contributed by atoms with Crippen molar-refractivity contribution in [3.05, 3.63) is 61.8 Å². The predicted octanol–water partition coefficient (Wildman–Crippen LogP) is 4.17. The minimum atomic E-state index is -0.636. The second kappa shape index (κ2) is 7.38. The Morgan fingerprint density at radius 1 is 1.35 bits per heavy atom. The van der Waals surface area contributed by atoms with Crippen molar-refractivity contribution in [2.45, 2.75) is 0 Å². The summed E-state index contributed by atoms with van der Waals surface area (Å²) in [5, 5.41) is 13.5. The number of nitro benzene ring substituents is 1. The highest BCUT2D eigenvalue weighted by Crippen LogP contribution is 2.28. The lowest BCUT2D eigenvalue weighted by Crippen LogP contribution is -2.20. The highest BCUT2D eigenvalue weighted by atomic mass is 79.9. The van der Waals surface area contributed by atoms with E-state index in [1.165, 1.54) is 36.4 Å². The Bertz CT molecular complexity index is 772. The third-order valence-electron chi connectivity index (χ3n) is 2.68. The molecule has 0 spiro atoms. The van der Waals surface area contributed by atoms with Crippen LogP contribution in [0.25, 0.3) is 0 Å². The van der Waals surface area contributed by atoms with Crippen LogP contribution in [-0.2, 0) is 4.79 Å². The molecular formula is C14H9BrClFN2O4. The molecule has 2 aromatic rings. The van der Waals surface area contributed by atoms with Crippen molar-refractivity contribution in [3.8, 4) is 5.75 Å². The van der Waals surface area contributed by atoms with Crippen molar-refractivity contribution in [2.24, 2.45) is 0 Å². The number of nitro groups is 1. The molecule has 2 aromatic carbocycles. The van der Waals surface area contributed by atoms with Gasteiger partial charge in [0.25, 0.3) is 11.6 Å². The number of carbonyl (C=O) groups is 1. The number of rotatable bonds is 5. The van der Waals surface area contributed by atoms with Gasteiger partial charge in [-0.2, -0.15) is 0 Å². The van der Waals surface area contributed by atoms with Crippen LogP contribution in [0.2, 0.25) is 5.02 Å². The van der Waals surface area contributed by atoms with E-state index < -0.39 is 23.3 Å². The van der Waals surface area contributed by atoms with Gasteiger partial charge in [0.15, 0.2) is 6.61 Å². The molecule has 0 saturated carbocycles. The zero-order chi connectivity index (χ0) is 17.0. The van der Waals surface area contributed by atoms with E-state index in [0.29, 0.717) is 4.47 Å². The monoisotopic (exact) mass is 402 g/mol. The van der Waals surface area contributed by atoms with E-state index in [1.807, 2.05) is 0 Å². The molecule has 0 unspecified atom stereocenters. The highest BCUT2D eigenvalue weighted by Gasteiger charge is 2.16. The number of benzene rings is 2. The quantitative estimate of drug-likeness (QED) is 0.600. The molecule has 0 bridgehead atoms. The summed E-state index contributed by atoms with van der Waals surface area (Å²) in [5.74, 6) is -0.808. The Hall–Kier alpha value is -2.19. The van der Waals surface area contributed by atoms with Crippen LogP contribution in [0.3, 0.4) is 0 Å². The first kappa shape index (κ1) is 17.2. The molecule has 1 amide bonds. The van der Waals surface area contributed by atoms with Crippen LogP contribution in [0.1, 0.15) is 0 Å². The van der Waals surface area contributed by atoms with E-state index in [2.05, 4.69) is 21.2 Å². The Morgan fingerprint density at radius 2 is 2.09 bits per heavy atom. The van der Waals surface area contributed by atoms with Crippen molar-refractivity contribution in [2.75, 3.05) is 11.9 Å². The van der Waals surface area contributed by atoms with Crippen LogP contribution in [-0.4, -0.2) is 17.4 Å². The molecule has 0 saturated heterocycles. The van der Waals surface area contributed by atoms with Crippen molar-refractivity contribution in [1.29, 1.82) is 0 Å². The van der Waals surface area contributed by atoms with E-state index >= 15 is 0 Å². The molecule has 0 fully saturated rings. The third kappa shape index (κ3) is 4.64. The first-order valence-electron chi connectivity index (χ1n) is 6.18. The summed E-state index contributed by atoms with van der Waals surface area (Å²) in [6, 6.07) is 7.53. The highest BCUT2D eigenvalue weighted by molar-refractivity contribution is 9.10. The van der Waals surface area contributed by atoms with Crippen molar-refractivity contribution < 1.29 is 18.8 Å². The van der Waals surface area contributed by atoms with Crippen LogP contribution < -0.4 is 10.1 Å². The summed E-state index contributed by atoms with van der Waals surface area (Å²) in [6.45, 7) is -0.409. The van der Waals surface area contributed by atoms with Gasteiger partial charge in [0, 0.05) is 11.1 Å². The fraction of sp³-hybridized carbons (Fsp3) is 0.0714. The summed E-state index contributed by atoms with van der Waals surface area (Å²) in [6.07, 6.45) is 0. The van der Waals surface area contributed by atoms with Gasteiger partial charge in [-0.1, -0.05) is 11.6 Å². The molecular weight excluding hydrogens is 395 g/mol. The average molecular weight is 404 g/mol. The van der Waals surface area contributed by atoms with Crippen LogP contribution in [0.15, 0.2) is 40.9 Å². The zero-order valence-corrected chi connectivity index (χ0v) is 13.7. The Morgan fingerprint density at radius 3 is 2.74 bits per heavy atom. The van der Waals surface area contributed by atoms with Crippen LogP contribution in [0, 0.1) is 15.9 Å². The molecule has 6 nitrogen and oxygen atoms in total. The predicted molar refractivity (Wildman–Crippen MR) is 86.3 cm³/mol. The second-order valence-corrected chi connectivity index (χ2v) is 5.62. The number of carbonyl (C=O) groups excluding carboxylic acids is 1. The van der Waals surface area contributed by atoms with Gasteiger partial charge in [-0.25, -0.2) is 4.39 Å². The molecule has 1 N–H and O–H groups in total. The molecule has 0 aliphatic rings. The molecule has 0 heterocycles. The van der Waals surface area contributed by atoms with Crippen molar-refractivity contribution in [3.63, 3.8) is 0 Å². The van der Waals surface area contributed by atoms with Crippen LogP contribution in [0.4, 0.5) is 15.8 Å². The van der Waals surface area contributed by atoms with Gasteiger partial charge < -0.3 is 10.1 Å². The summed E-state index contributed by atoms with van der Waals surface area (Å²) in [5.41, 5.74) is -0.319. The molecule has 0 aromatic heterocycles. The number of amides is 1. The SMILES string of the molecule is O=C(COc1ccc(F)cc1Br)Nc1cc(Cl)ccc1[N+](=O)[O-]. The molecule has 23 heavy (non-hydrogen) atoms. The minimum Gasteiger partial charge on any atom is -0.483 e. The number of halogens is 3. The maximum atomic E-state index is 13.0. The summed E-state index contributed by atoms with van der Waals surface area (Å²) >= 11 is 8.87. The fourth-order valence-electron chi connectivity index (χ4n) is 1.69. The smallest absolute Gasteiger partial charge is 0.292 e. The van der Waals surface area contributed by atoms with Gasteiger partial charge in [0.1, 0.15) is 17.3 Å². The second-order valence-electron chi connectivity index (χ2n) is 4.33. The Kier molecular flexibility index (Phi) is 5.51. The molecule has 0 aliphatic carbocycles. The molecule has 120 valence electrons. The lowest BCUT2D eigenvalue weighted by atomic mass is 10.2. The molecule has 2 rings (SSSR count).